The number of hydrogen-bond donors (Lipinski definition) is 1. The number of halogens is 1. The standard InChI is InChI=1S/C15H17ClN2O2/c1-10-6-7-20-14(10)9-17-11-4-5-13(16)12(8-11)15(19)18(2)3/h4-8,17H,9H2,1-3H3. The summed E-state index contributed by atoms with van der Waals surface area (Å²) < 4.78 is 5.36. The molecule has 0 saturated heterocycles. The largest absolute Gasteiger partial charge is 0.467 e. The van der Waals surface area contributed by atoms with Gasteiger partial charge in [-0.25, -0.2) is 0 Å². The van der Waals surface area contributed by atoms with Crippen LogP contribution in [0.15, 0.2) is 34.9 Å². The van der Waals surface area contributed by atoms with Crippen molar-refractivity contribution in [1.82, 2.24) is 4.90 Å². The van der Waals surface area contributed by atoms with Crippen LogP contribution >= 0.6 is 11.6 Å². The van der Waals surface area contributed by atoms with E-state index in [4.69, 9.17) is 16.0 Å². The zero-order valence-electron chi connectivity index (χ0n) is 11.7. The quantitative estimate of drug-likeness (QED) is 0.937. The molecule has 2 aromatic rings. The number of anilines is 1. The Morgan fingerprint density at radius 1 is 1.35 bits per heavy atom. The predicted octanol–water partition coefficient (Wildman–Crippen LogP) is 3.56. The molecule has 1 aromatic heterocycles. The topological polar surface area (TPSA) is 45.5 Å². The lowest BCUT2D eigenvalue weighted by molar-refractivity contribution is 0.0828. The van der Waals surface area contributed by atoms with Crippen molar-refractivity contribution in [2.75, 3.05) is 19.4 Å². The molecule has 0 spiro atoms. The van der Waals surface area contributed by atoms with Gasteiger partial charge in [-0.2, -0.15) is 0 Å². The van der Waals surface area contributed by atoms with E-state index in [1.807, 2.05) is 19.1 Å². The van der Waals surface area contributed by atoms with Crippen LogP contribution in [-0.2, 0) is 6.54 Å². The molecule has 0 saturated carbocycles. The highest BCUT2D eigenvalue weighted by Crippen LogP contribution is 2.22. The summed E-state index contributed by atoms with van der Waals surface area (Å²) in [4.78, 5) is 13.5. The minimum Gasteiger partial charge on any atom is -0.467 e. The first kappa shape index (κ1) is 14.5. The Balaban J connectivity index is 2.15. The SMILES string of the molecule is Cc1ccoc1CNc1ccc(Cl)c(C(=O)N(C)C)c1. The first-order chi connectivity index (χ1) is 9.49. The van der Waals surface area contributed by atoms with Crippen molar-refractivity contribution in [2.45, 2.75) is 13.5 Å². The maximum Gasteiger partial charge on any atom is 0.254 e. The van der Waals surface area contributed by atoms with Gasteiger partial charge in [-0.05, 0) is 36.8 Å². The second-order valence-corrected chi connectivity index (χ2v) is 5.18. The molecule has 20 heavy (non-hydrogen) atoms. The molecule has 0 radical (unpaired) electrons. The molecule has 1 N–H and O–H groups in total. The summed E-state index contributed by atoms with van der Waals surface area (Å²) in [6.45, 7) is 2.55. The predicted molar refractivity (Wildman–Crippen MR) is 80.2 cm³/mol. The lowest BCUT2D eigenvalue weighted by atomic mass is 10.1. The smallest absolute Gasteiger partial charge is 0.254 e. The lowest BCUT2D eigenvalue weighted by Gasteiger charge is -2.13. The van der Waals surface area contributed by atoms with Crippen LogP contribution in [-0.4, -0.2) is 24.9 Å². The highest BCUT2D eigenvalue weighted by Gasteiger charge is 2.13. The Kier molecular flexibility index (Phi) is 4.35. The molecule has 0 fully saturated rings. The van der Waals surface area contributed by atoms with Gasteiger partial charge in [0.1, 0.15) is 5.76 Å². The van der Waals surface area contributed by atoms with Gasteiger partial charge in [0.05, 0.1) is 23.4 Å². The molecule has 0 atom stereocenters. The number of furan rings is 1. The molecule has 0 aliphatic rings. The number of aryl methyl sites for hydroxylation is 1. The molecule has 1 amide bonds. The summed E-state index contributed by atoms with van der Waals surface area (Å²) in [5.74, 6) is 0.758. The first-order valence-corrected chi connectivity index (χ1v) is 6.65. The van der Waals surface area contributed by atoms with Crippen LogP contribution in [0.1, 0.15) is 21.7 Å². The summed E-state index contributed by atoms with van der Waals surface area (Å²) in [7, 11) is 3.40. The first-order valence-electron chi connectivity index (χ1n) is 6.27. The van der Waals surface area contributed by atoms with E-state index in [-0.39, 0.29) is 5.91 Å². The molecule has 0 bridgehead atoms. The Morgan fingerprint density at radius 3 is 2.70 bits per heavy atom. The lowest BCUT2D eigenvalue weighted by Crippen LogP contribution is -2.22. The molecule has 106 valence electrons. The van der Waals surface area contributed by atoms with E-state index in [0.29, 0.717) is 17.1 Å². The molecule has 4 nitrogen and oxygen atoms in total. The number of amides is 1. The molecule has 1 aromatic carbocycles. The average molecular weight is 293 g/mol. The number of nitrogens with zero attached hydrogens (tertiary/aromatic N) is 1. The number of carbonyl (C=O) groups excluding carboxylic acids is 1. The van der Waals surface area contributed by atoms with Crippen molar-refractivity contribution in [3.63, 3.8) is 0 Å². The van der Waals surface area contributed by atoms with Crippen LogP contribution in [0.25, 0.3) is 0 Å². The third-order valence-corrected chi connectivity index (χ3v) is 3.35. The zero-order valence-corrected chi connectivity index (χ0v) is 12.5. The minimum absolute atomic E-state index is 0.118. The van der Waals surface area contributed by atoms with Crippen molar-refractivity contribution < 1.29 is 9.21 Å². The van der Waals surface area contributed by atoms with Crippen molar-refractivity contribution in [3.05, 3.63) is 52.4 Å². The molecule has 0 aliphatic heterocycles. The number of benzene rings is 1. The van der Waals surface area contributed by atoms with Crippen LogP contribution < -0.4 is 5.32 Å². The summed E-state index contributed by atoms with van der Waals surface area (Å²) >= 11 is 6.07. The van der Waals surface area contributed by atoms with E-state index < -0.39 is 0 Å². The summed E-state index contributed by atoms with van der Waals surface area (Å²) in [6.07, 6.45) is 1.66. The van der Waals surface area contributed by atoms with Crippen LogP contribution in [0, 0.1) is 6.92 Å². The van der Waals surface area contributed by atoms with E-state index in [0.717, 1.165) is 17.0 Å². The van der Waals surface area contributed by atoms with E-state index in [9.17, 15) is 4.79 Å². The second-order valence-electron chi connectivity index (χ2n) is 4.77. The minimum atomic E-state index is -0.118. The summed E-state index contributed by atoms with van der Waals surface area (Å²) in [5.41, 5.74) is 2.41. The molecule has 1 heterocycles. The number of nitrogens with one attached hydrogen (secondary N) is 1. The van der Waals surface area contributed by atoms with Crippen molar-refractivity contribution >= 4 is 23.2 Å². The van der Waals surface area contributed by atoms with Gasteiger partial charge in [0.15, 0.2) is 0 Å². The van der Waals surface area contributed by atoms with Gasteiger partial charge in [0.25, 0.3) is 5.91 Å². The molecule has 5 heteroatoms. The fourth-order valence-corrected chi connectivity index (χ4v) is 2.01. The third-order valence-electron chi connectivity index (χ3n) is 3.02. The fraction of sp³-hybridized carbons (Fsp3) is 0.267. The maximum atomic E-state index is 12.0. The monoisotopic (exact) mass is 292 g/mol. The molecule has 0 aliphatic carbocycles. The molecular formula is C15H17ClN2O2. The van der Waals surface area contributed by atoms with Gasteiger partial charge in [-0.1, -0.05) is 11.6 Å². The van der Waals surface area contributed by atoms with Crippen LogP contribution in [0.5, 0.6) is 0 Å². The maximum absolute atomic E-state index is 12.0. The van der Waals surface area contributed by atoms with Gasteiger partial charge in [-0.3, -0.25) is 4.79 Å². The van der Waals surface area contributed by atoms with E-state index in [1.165, 1.54) is 4.90 Å². The van der Waals surface area contributed by atoms with Gasteiger partial charge in [0.2, 0.25) is 0 Å². The summed E-state index contributed by atoms with van der Waals surface area (Å²) in [5, 5.41) is 3.67. The Bertz CT molecular complexity index is 620. The van der Waals surface area contributed by atoms with Gasteiger partial charge in [0, 0.05) is 19.8 Å². The van der Waals surface area contributed by atoms with Crippen LogP contribution in [0.3, 0.4) is 0 Å². The van der Waals surface area contributed by atoms with Crippen LogP contribution in [0.2, 0.25) is 5.02 Å². The second kappa shape index (κ2) is 6.01. The Labute approximate surface area is 123 Å². The molecular weight excluding hydrogens is 276 g/mol. The van der Waals surface area contributed by atoms with Crippen molar-refractivity contribution in [3.8, 4) is 0 Å². The fourth-order valence-electron chi connectivity index (χ4n) is 1.81. The zero-order chi connectivity index (χ0) is 14.7. The third kappa shape index (κ3) is 3.14. The molecule has 0 unspecified atom stereocenters. The number of carbonyl (C=O) groups is 1. The Morgan fingerprint density at radius 2 is 2.10 bits per heavy atom. The average Bonchev–Trinajstić information content (AvgIpc) is 2.82. The van der Waals surface area contributed by atoms with E-state index in [1.54, 1.807) is 32.5 Å². The number of hydrogen-bond acceptors (Lipinski definition) is 3. The summed E-state index contributed by atoms with van der Waals surface area (Å²) in [6, 6.07) is 7.23. The van der Waals surface area contributed by atoms with Gasteiger partial charge in [-0.15, -0.1) is 0 Å². The van der Waals surface area contributed by atoms with Gasteiger partial charge < -0.3 is 14.6 Å². The highest BCUT2D eigenvalue weighted by atomic mass is 35.5. The Hall–Kier alpha value is -1.94. The van der Waals surface area contributed by atoms with Gasteiger partial charge >= 0.3 is 0 Å². The molecule has 2 rings (SSSR count). The normalized spacial score (nSPS) is 10.4. The van der Waals surface area contributed by atoms with E-state index in [2.05, 4.69) is 5.32 Å². The van der Waals surface area contributed by atoms with Crippen molar-refractivity contribution in [1.29, 1.82) is 0 Å². The van der Waals surface area contributed by atoms with E-state index >= 15 is 0 Å². The van der Waals surface area contributed by atoms with Crippen molar-refractivity contribution in [2.24, 2.45) is 0 Å². The number of rotatable bonds is 4. The van der Waals surface area contributed by atoms with Crippen LogP contribution in [0.4, 0.5) is 5.69 Å². The highest BCUT2D eigenvalue weighted by molar-refractivity contribution is 6.34.